The van der Waals surface area contributed by atoms with E-state index in [4.69, 9.17) is 19.4 Å². The van der Waals surface area contributed by atoms with Crippen LogP contribution in [0.5, 0.6) is 5.75 Å². The van der Waals surface area contributed by atoms with E-state index in [1.54, 1.807) is 11.3 Å². The van der Waals surface area contributed by atoms with Crippen molar-refractivity contribution in [2.45, 2.75) is 45.8 Å². The Bertz CT molecular complexity index is 1610. The maximum absolute atomic E-state index is 10.6. The molecule has 4 heterocycles. The molecule has 1 aliphatic heterocycles. The highest BCUT2D eigenvalue weighted by atomic mass is 32.1. The third-order valence-electron chi connectivity index (χ3n) is 6.84. The zero-order valence-corrected chi connectivity index (χ0v) is 22.4. The lowest BCUT2D eigenvalue weighted by Gasteiger charge is -2.30. The number of rotatable bonds is 5. The van der Waals surface area contributed by atoms with Crippen molar-refractivity contribution < 1.29 is 14.6 Å². The fourth-order valence-corrected chi connectivity index (χ4v) is 6.10. The molecule has 3 aromatic heterocycles. The number of hydrogen-bond acceptors (Lipinski definition) is 6. The zero-order valence-electron chi connectivity index (χ0n) is 21.5. The summed E-state index contributed by atoms with van der Waals surface area (Å²) in [5.41, 5.74) is 7.57. The Morgan fingerprint density at radius 2 is 2.00 bits per heavy atom. The maximum Gasteiger partial charge on any atom is 0.129 e. The summed E-state index contributed by atoms with van der Waals surface area (Å²) in [6.45, 7) is 8.67. The molecule has 0 unspecified atom stereocenters. The standard InChI is InChI=1S/C31H30N2O3S/c1-18-16-23-20(7-9-22(33-23)26-6-5-15-37-26)29(27(18)25(17-34)36-31(2,3)4)21-8-10-24-28-19(12-14-35-24)11-13-32-30(21)28/h5-11,13,15-16,25,34H,12,14,17H2,1-4H3/t25-/m1/s1. The number of thiophene rings is 1. The first kappa shape index (κ1) is 24.0. The summed E-state index contributed by atoms with van der Waals surface area (Å²) >= 11 is 1.68. The van der Waals surface area contributed by atoms with Crippen LogP contribution in [0.2, 0.25) is 0 Å². The van der Waals surface area contributed by atoms with Gasteiger partial charge in [-0.1, -0.05) is 6.07 Å². The number of fused-ring (bicyclic) bond motifs is 1. The molecular weight excluding hydrogens is 480 g/mol. The van der Waals surface area contributed by atoms with Gasteiger partial charge in [0.2, 0.25) is 0 Å². The average molecular weight is 511 g/mol. The molecule has 1 N–H and O–H groups in total. The van der Waals surface area contributed by atoms with Crippen LogP contribution in [-0.4, -0.2) is 33.9 Å². The van der Waals surface area contributed by atoms with Crippen LogP contribution in [-0.2, 0) is 11.2 Å². The number of hydrogen-bond donors (Lipinski definition) is 1. The van der Waals surface area contributed by atoms with Gasteiger partial charge in [-0.25, -0.2) is 4.98 Å². The van der Waals surface area contributed by atoms with Crippen LogP contribution in [0.1, 0.15) is 43.6 Å². The molecule has 2 aromatic carbocycles. The predicted molar refractivity (Wildman–Crippen MR) is 150 cm³/mol. The molecular formula is C31H30N2O3S. The van der Waals surface area contributed by atoms with Crippen LogP contribution in [0, 0.1) is 6.92 Å². The monoisotopic (exact) mass is 510 g/mol. The second kappa shape index (κ2) is 9.21. The second-order valence-corrected chi connectivity index (χ2v) is 11.5. The Hall–Kier alpha value is -3.32. The van der Waals surface area contributed by atoms with Gasteiger partial charge in [0.15, 0.2) is 0 Å². The van der Waals surface area contributed by atoms with Crippen LogP contribution in [0.15, 0.2) is 60.1 Å². The Morgan fingerprint density at radius 3 is 2.76 bits per heavy atom. The average Bonchev–Trinajstić information content (AvgIpc) is 3.42. The third-order valence-corrected chi connectivity index (χ3v) is 7.73. The second-order valence-electron chi connectivity index (χ2n) is 10.5. The summed E-state index contributed by atoms with van der Waals surface area (Å²) in [6, 6.07) is 16.7. The summed E-state index contributed by atoms with van der Waals surface area (Å²) in [5.74, 6) is 0.870. The van der Waals surface area contributed by atoms with Crippen LogP contribution < -0.4 is 4.74 Å². The summed E-state index contributed by atoms with van der Waals surface area (Å²) in [7, 11) is 0. The molecule has 1 aliphatic rings. The topological polar surface area (TPSA) is 64.5 Å². The van der Waals surface area contributed by atoms with Crippen molar-refractivity contribution in [2.24, 2.45) is 0 Å². The number of aromatic nitrogens is 2. The van der Waals surface area contributed by atoms with E-state index >= 15 is 0 Å². The first-order chi connectivity index (χ1) is 17.8. The molecule has 1 atom stereocenters. The maximum atomic E-state index is 10.6. The number of nitrogens with zero attached hydrogens (tertiary/aromatic N) is 2. The van der Waals surface area contributed by atoms with Crippen LogP contribution >= 0.6 is 11.3 Å². The molecule has 0 fully saturated rings. The molecule has 0 saturated carbocycles. The van der Waals surface area contributed by atoms with Gasteiger partial charge in [0, 0.05) is 29.0 Å². The minimum Gasteiger partial charge on any atom is -0.493 e. The smallest absolute Gasteiger partial charge is 0.129 e. The van der Waals surface area contributed by atoms with Crippen LogP contribution in [0.25, 0.3) is 43.5 Å². The van der Waals surface area contributed by atoms with Crippen molar-refractivity contribution in [3.8, 4) is 27.4 Å². The highest BCUT2D eigenvalue weighted by Crippen LogP contribution is 2.45. The van der Waals surface area contributed by atoms with E-state index in [1.165, 1.54) is 5.56 Å². The highest BCUT2D eigenvalue weighted by molar-refractivity contribution is 7.13. The normalized spacial score (nSPS) is 14.2. The molecule has 37 heavy (non-hydrogen) atoms. The fraction of sp³-hybridized carbons (Fsp3) is 0.290. The van der Waals surface area contributed by atoms with Gasteiger partial charge in [0.25, 0.3) is 0 Å². The fourth-order valence-electron chi connectivity index (χ4n) is 5.41. The van der Waals surface area contributed by atoms with Crippen molar-refractivity contribution >= 4 is 33.1 Å². The van der Waals surface area contributed by atoms with Gasteiger partial charge >= 0.3 is 0 Å². The molecule has 5 aromatic rings. The van der Waals surface area contributed by atoms with Crippen LogP contribution in [0.3, 0.4) is 0 Å². The summed E-state index contributed by atoms with van der Waals surface area (Å²) < 4.78 is 12.4. The third kappa shape index (κ3) is 4.29. The molecule has 0 spiro atoms. The van der Waals surface area contributed by atoms with Gasteiger partial charge in [-0.15, -0.1) is 11.3 Å². The van der Waals surface area contributed by atoms with Crippen LogP contribution in [0.4, 0.5) is 0 Å². The lowest BCUT2D eigenvalue weighted by atomic mass is 9.86. The van der Waals surface area contributed by atoms with Gasteiger partial charge in [-0.3, -0.25) is 4.98 Å². The predicted octanol–water partition coefficient (Wildman–Crippen LogP) is 7.27. The summed E-state index contributed by atoms with van der Waals surface area (Å²) in [6.07, 6.45) is 2.24. The first-order valence-corrected chi connectivity index (χ1v) is 13.5. The zero-order chi connectivity index (χ0) is 25.7. The Balaban J connectivity index is 1.69. The van der Waals surface area contributed by atoms with Crippen molar-refractivity contribution in [1.29, 1.82) is 0 Å². The molecule has 0 saturated heterocycles. The van der Waals surface area contributed by atoms with E-state index in [0.717, 1.165) is 66.8 Å². The molecule has 6 rings (SSSR count). The lowest BCUT2D eigenvalue weighted by molar-refractivity contribution is -0.0821. The molecule has 5 nitrogen and oxygen atoms in total. The summed E-state index contributed by atoms with van der Waals surface area (Å²) in [5, 5.41) is 14.7. The number of ether oxygens (including phenoxy) is 2. The summed E-state index contributed by atoms with van der Waals surface area (Å²) in [4.78, 5) is 11.1. The number of benzene rings is 2. The molecule has 6 heteroatoms. The SMILES string of the molecule is Cc1cc2nc(-c3cccs3)ccc2c(-c2ccc3c4c(ccnc24)CCO3)c1[C@@H](CO)OC(C)(C)C. The molecule has 0 aliphatic carbocycles. The molecule has 0 radical (unpaired) electrons. The number of pyridine rings is 2. The van der Waals surface area contributed by atoms with Crippen molar-refractivity contribution in [3.63, 3.8) is 0 Å². The lowest BCUT2D eigenvalue weighted by Crippen LogP contribution is -2.25. The highest BCUT2D eigenvalue weighted by Gasteiger charge is 2.28. The Labute approximate surface area is 220 Å². The van der Waals surface area contributed by atoms with E-state index in [0.29, 0.717) is 6.61 Å². The largest absolute Gasteiger partial charge is 0.493 e. The molecule has 188 valence electrons. The van der Waals surface area contributed by atoms with Crippen molar-refractivity contribution in [1.82, 2.24) is 9.97 Å². The molecule has 0 bridgehead atoms. The minimum atomic E-state index is -0.501. The van der Waals surface area contributed by atoms with Crippen molar-refractivity contribution in [3.05, 3.63) is 76.8 Å². The van der Waals surface area contributed by atoms with E-state index in [2.05, 4.69) is 48.7 Å². The van der Waals surface area contributed by atoms with Gasteiger partial charge in [-0.05, 0) is 97.8 Å². The molecule has 0 amide bonds. The van der Waals surface area contributed by atoms with E-state index in [1.807, 2.05) is 39.1 Å². The number of aliphatic hydroxyl groups excluding tert-OH is 1. The van der Waals surface area contributed by atoms with Gasteiger partial charge in [-0.2, -0.15) is 0 Å². The van der Waals surface area contributed by atoms with Gasteiger partial charge < -0.3 is 14.6 Å². The Kier molecular flexibility index (Phi) is 5.98. The number of aliphatic hydroxyl groups is 1. The van der Waals surface area contributed by atoms with Gasteiger partial charge in [0.05, 0.1) is 40.4 Å². The Morgan fingerprint density at radius 1 is 1.14 bits per heavy atom. The van der Waals surface area contributed by atoms with E-state index < -0.39 is 11.7 Å². The van der Waals surface area contributed by atoms with E-state index in [-0.39, 0.29) is 6.61 Å². The number of aryl methyl sites for hydroxylation is 1. The van der Waals surface area contributed by atoms with Crippen molar-refractivity contribution in [2.75, 3.05) is 13.2 Å². The first-order valence-electron chi connectivity index (χ1n) is 12.6. The van der Waals surface area contributed by atoms with Gasteiger partial charge in [0.1, 0.15) is 11.9 Å². The minimum absolute atomic E-state index is 0.130. The quantitative estimate of drug-likeness (QED) is 0.269. The van der Waals surface area contributed by atoms with E-state index in [9.17, 15) is 5.11 Å².